The summed E-state index contributed by atoms with van der Waals surface area (Å²) in [5.74, 6) is -0.164. The van der Waals surface area contributed by atoms with E-state index in [1.807, 2.05) is 30.5 Å². The molecule has 1 rings (SSSR count). The van der Waals surface area contributed by atoms with Gasteiger partial charge in [0, 0.05) is 10.6 Å². The van der Waals surface area contributed by atoms with E-state index in [4.69, 9.17) is 5.73 Å². The normalized spacial score (nSPS) is 12.2. The predicted molar refractivity (Wildman–Crippen MR) is 60.5 cm³/mol. The van der Waals surface area contributed by atoms with Gasteiger partial charge in [-0.05, 0) is 31.4 Å². The van der Waals surface area contributed by atoms with Crippen LogP contribution < -0.4 is 11.1 Å². The summed E-state index contributed by atoms with van der Waals surface area (Å²) in [7, 11) is 0. The molecular weight excluding hydrogens is 196 g/mol. The maximum atomic E-state index is 11.3. The average molecular weight is 210 g/mol. The molecule has 3 N–H and O–H groups in total. The van der Waals surface area contributed by atoms with E-state index in [9.17, 15) is 4.79 Å². The molecule has 0 spiro atoms. The molecule has 3 nitrogen and oxygen atoms in total. The molecule has 1 aromatic rings. The van der Waals surface area contributed by atoms with Crippen molar-refractivity contribution in [1.82, 2.24) is 0 Å². The summed E-state index contributed by atoms with van der Waals surface area (Å²) in [5.41, 5.74) is 6.23. The summed E-state index contributed by atoms with van der Waals surface area (Å²) in [6.45, 7) is 1.66. The van der Waals surface area contributed by atoms with Crippen LogP contribution in [-0.4, -0.2) is 18.2 Å². The van der Waals surface area contributed by atoms with Gasteiger partial charge in [-0.3, -0.25) is 4.79 Å². The molecule has 1 atom stereocenters. The quantitative estimate of drug-likeness (QED) is 0.746. The lowest BCUT2D eigenvalue weighted by molar-refractivity contribution is -0.117. The van der Waals surface area contributed by atoms with Gasteiger partial charge in [0.15, 0.2) is 0 Å². The Morgan fingerprint density at radius 2 is 2.29 bits per heavy atom. The minimum Gasteiger partial charge on any atom is -0.325 e. The first-order valence-electron chi connectivity index (χ1n) is 4.34. The third-order valence-electron chi connectivity index (χ3n) is 1.75. The summed E-state index contributed by atoms with van der Waals surface area (Å²) in [5, 5.41) is 2.74. The zero-order chi connectivity index (χ0) is 10.6. The first-order chi connectivity index (χ1) is 6.63. The molecule has 76 valence electrons. The van der Waals surface area contributed by atoms with Crippen molar-refractivity contribution in [1.29, 1.82) is 0 Å². The summed E-state index contributed by atoms with van der Waals surface area (Å²) < 4.78 is 0. The Labute approximate surface area is 88.1 Å². The van der Waals surface area contributed by atoms with Gasteiger partial charge in [-0.25, -0.2) is 0 Å². The maximum absolute atomic E-state index is 11.3. The number of hydrogen-bond acceptors (Lipinski definition) is 3. The van der Waals surface area contributed by atoms with E-state index in [0.717, 1.165) is 10.6 Å². The first kappa shape index (κ1) is 11.1. The van der Waals surface area contributed by atoms with Gasteiger partial charge in [-0.15, -0.1) is 11.8 Å². The Morgan fingerprint density at radius 3 is 2.86 bits per heavy atom. The van der Waals surface area contributed by atoms with E-state index in [2.05, 4.69) is 5.32 Å². The van der Waals surface area contributed by atoms with Gasteiger partial charge in [0.25, 0.3) is 0 Å². The summed E-state index contributed by atoms with van der Waals surface area (Å²) in [6.07, 6.45) is 1.99. The number of amides is 1. The van der Waals surface area contributed by atoms with Crippen molar-refractivity contribution < 1.29 is 4.79 Å². The molecule has 0 saturated heterocycles. The lowest BCUT2D eigenvalue weighted by Crippen LogP contribution is -2.32. The number of nitrogens with one attached hydrogen (secondary N) is 1. The van der Waals surface area contributed by atoms with Crippen LogP contribution in [0.3, 0.4) is 0 Å². The van der Waals surface area contributed by atoms with Crippen LogP contribution in [-0.2, 0) is 4.79 Å². The van der Waals surface area contributed by atoms with E-state index in [0.29, 0.717) is 0 Å². The van der Waals surface area contributed by atoms with Crippen LogP contribution in [0.25, 0.3) is 0 Å². The molecule has 0 heterocycles. The van der Waals surface area contributed by atoms with Crippen LogP contribution in [0.2, 0.25) is 0 Å². The second-order valence-electron chi connectivity index (χ2n) is 3.01. The molecular formula is C10H14N2OS. The number of carbonyl (C=O) groups is 1. The highest BCUT2D eigenvalue weighted by Gasteiger charge is 2.06. The Kier molecular flexibility index (Phi) is 3.98. The van der Waals surface area contributed by atoms with Gasteiger partial charge < -0.3 is 11.1 Å². The van der Waals surface area contributed by atoms with E-state index in [1.54, 1.807) is 18.7 Å². The van der Waals surface area contributed by atoms with Gasteiger partial charge in [0.2, 0.25) is 5.91 Å². The molecule has 0 aliphatic rings. The van der Waals surface area contributed by atoms with E-state index in [-0.39, 0.29) is 5.91 Å². The number of thioether (sulfide) groups is 1. The summed E-state index contributed by atoms with van der Waals surface area (Å²) in [4.78, 5) is 12.4. The lowest BCUT2D eigenvalue weighted by Gasteiger charge is -2.08. The van der Waals surface area contributed by atoms with Crippen molar-refractivity contribution in [3.05, 3.63) is 24.3 Å². The van der Waals surface area contributed by atoms with Crippen molar-refractivity contribution in [3.63, 3.8) is 0 Å². The van der Waals surface area contributed by atoms with E-state index >= 15 is 0 Å². The SMILES string of the molecule is CSc1cccc(NC(=O)[C@H](C)N)c1. The fraction of sp³-hybridized carbons (Fsp3) is 0.300. The number of benzene rings is 1. The predicted octanol–water partition coefficient (Wildman–Crippen LogP) is 1.69. The third-order valence-corrected chi connectivity index (χ3v) is 2.48. The number of rotatable bonds is 3. The fourth-order valence-electron chi connectivity index (χ4n) is 0.957. The summed E-state index contributed by atoms with van der Waals surface area (Å²) in [6, 6.07) is 7.19. The minimum absolute atomic E-state index is 0.164. The first-order valence-corrected chi connectivity index (χ1v) is 5.56. The van der Waals surface area contributed by atoms with Crippen molar-refractivity contribution in [2.45, 2.75) is 17.9 Å². The van der Waals surface area contributed by atoms with E-state index < -0.39 is 6.04 Å². The largest absolute Gasteiger partial charge is 0.325 e. The highest BCUT2D eigenvalue weighted by Crippen LogP contribution is 2.18. The van der Waals surface area contributed by atoms with Crippen LogP contribution in [0.5, 0.6) is 0 Å². The average Bonchev–Trinajstić information content (AvgIpc) is 2.18. The van der Waals surface area contributed by atoms with Crippen molar-refractivity contribution in [3.8, 4) is 0 Å². The van der Waals surface area contributed by atoms with Gasteiger partial charge in [0.1, 0.15) is 0 Å². The van der Waals surface area contributed by atoms with Crippen LogP contribution >= 0.6 is 11.8 Å². The smallest absolute Gasteiger partial charge is 0.240 e. The molecule has 1 amide bonds. The van der Waals surface area contributed by atoms with Gasteiger partial charge in [0.05, 0.1) is 6.04 Å². The number of carbonyl (C=O) groups excluding carboxylic acids is 1. The molecule has 0 radical (unpaired) electrons. The third kappa shape index (κ3) is 3.05. The van der Waals surface area contributed by atoms with Crippen LogP contribution in [0.15, 0.2) is 29.2 Å². The van der Waals surface area contributed by atoms with Crippen LogP contribution in [0.4, 0.5) is 5.69 Å². The molecule has 0 aliphatic heterocycles. The van der Waals surface area contributed by atoms with Gasteiger partial charge in [-0.2, -0.15) is 0 Å². The number of nitrogens with two attached hydrogens (primary N) is 1. The fourth-order valence-corrected chi connectivity index (χ4v) is 1.42. The molecule has 1 aromatic carbocycles. The van der Waals surface area contributed by atoms with Crippen LogP contribution in [0, 0.1) is 0 Å². The molecule has 0 unspecified atom stereocenters. The minimum atomic E-state index is -0.479. The Morgan fingerprint density at radius 1 is 1.57 bits per heavy atom. The van der Waals surface area contributed by atoms with Crippen LogP contribution in [0.1, 0.15) is 6.92 Å². The zero-order valence-corrected chi connectivity index (χ0v) is 9.10. The number of hydrogen-bond donors (Lipinski definition) is 2. The topological polar surface area (TPSA) is 55.1 Å². The molecule has 0 fully saturated rings. The second-order valence-corrected chi connectivity index (χ2v) is 3.89. The summed E-state index contributed by atoms with van der Waals surface area (Å²) >= 11 is 1.64. The lowest BCUT2D eigenvalue weighted by atomic mass is 10.3. The maximum Gasteiger partial charge on any atom is 0.240 e. The molecule has 4 heteroatoms. The van der Waals surface area contributed by atoms with Crippen molar-refractivity contribution in [2.75, 3.05) is 11.6 Å². The highest BCUT2D eigenvalue weighted by molar-refractivity contribution is 7.98. The molecule has 0 aromatic heterocycles. The molecule has 14 heavy (non-hydrogen) atoms. The Balaban J connectivity index is 2.72. The highest BCUT2D eigenvalue weighted by atomic mass is 32.2. The molecule has 0 aliphatic carbocycles. The Hall–Kier alpha value is -1.00. The molecule has 0 saturated carbocycles. The standard InChI is InChI=1S/C10H14N2OS/c1-7(11)10(13)12-8-4-3-5-9(6-8)14-2/h3-7H,11H2,1-2H3,(H,12,13)/t7-/m0/s1. The zero-order valence-electron chi connectivity index (χ0n) is 8.28. The number of anilines is 1. The van der Waals surface area contributed by atoms with E-state index in [1.165, 1.54) is 0 Å². The van der Waals surface area contributed by atoms with Gasteiger partial charge >= 0.3 is 0 Å². The monoisotopic (exact) mass is 210 g/mol. The van der Waals surface area contributed by atoms with Crippen molar-refractivity contribution in [2.24, 2.45) is 5.73 Å². The Bertz CT molecular complexity index is 326. The second kappa shape index (κ2) is 5.02. The van der Waals surface area contributed by atoms with Gasteiger partial charge in [-0.1, -0.05) is 6.07 Å². The molecule has 0 bridgehead atoms. The van der Waals surface area contributed by atoms with Crippen molar-refractivity contribution >= 4 is 23.4 Å².